The topological polar surface area (TPSA) is 46.5 Å². The van der Waals surface area contributed by atoms with Crippen LogP contribution >= 0.6 is 0 Å². The summed E-state index contributed by atoms with van der Waals surface area (Å²) in [5.41, 5.74) is 2.99. The Labute approximate surface area is 214 Å². The second kappa shape index (κ2) is 7.84. The van der Waals surface area contributed by atoms with Gasteiger partial charge in [-0.15, -0.1) is 0 Å². The monoisotopic (exact) mass is 484 g/mol. The highest BCUT2D eigenvalue weighted by Gasteiger charge is 2.67. The lowest BCUT2D eigenvalue weighted by molar-refractivity contribution is -0.203. The molecular formula is C32H52O3. The van der Waals surface area contributed by atoms with Crippen LogP contribution in [-0.4, -0.2) is 24.3 Å². The van der Waals surface area contributed by atoms with E-state index in [0.29, 0.717) is 40.4 Å². The van der Waals surface area contributed by atoms with Crippen LogP contribution < -0.4 is 0 Å². The summed E-state index contributed by atoms with van der Waals surface area (Å²) in [6.07, 6.45) is 15.0. The number of rotatable bonds is 2. The summed E-state index contributed by atoms with van der Waals surface area (Å²) in [7, 11) is 1.53. The highest BCUT2D eigenvalue weighted by molar-refractivity contribution is 5.70. The molecule has 35 heavy (non-hydrogen) atoms. The number of carbonyl (C=O) groups is 1. The molecule has 5 aliphatic carbocycles. The highest BCUT2D eigenvalue weighted by atomic mass is 16.5. The van der Waals surface area contributed by atoms with Gasteiger partial charge in [-0.05, 0) is 114 Å². The Kier molecular flexibility index (Phi) is 5.78. The molecule has 9 atom stereocenters. The van der Waals surface area contributed by atoms with Gasteiger partial charge in [0.15, 0.2) is 0 Å². The van der Waals surface area contributed by atoms with Gasteiger partial charge in [-0.2, -0.15) is 0 Å². The number of hydrogen-bond acceptors (Lipinski definition) is 3. The van der Waals surface area contributed by atoms with E-state index in [9.17, 15) is 9.90 Å². The fourth-order valence-corrected chi connectivity index (χ4v) is 11.0. The smallest absolute Gasteiger partial charge is 0.306 e. The summed E-state index contributed by atoms with van der Waals surface area (Å²) in [5, 5.41) is 10.9. The summed E-state index contributed by atoms with van der Waals surface area (Å²) >= 11 is 0. The molecule has 1 N–H and O–H groups in total. The van der Waals surface area contributed by atoms with Gasteiger partial charge in [-0.1, -0.05) is 60.1 Å². The maximum Gasteiger partial charge on any atom is 0.306 e. The molecule has 1 unspecified atom stereocenters. The summed E-state index contributed by atoms with van der Waals surface area (Å²) in [6.45, 7) is 17.4. The minimum absolute atomic E-state index is 0.00341. The van der Waals surface area contributed by atoms with Crippen LogP contribution in [0.15, 0.2) is 11.6 Å². The average molecular weight is 485 g/mol. The molecule has 0 aromatic heterocycles. The molecule has 0 heterocycles. The third-order valence-corrected chi connectivity index (χ3v) is 13.7. The number of aliphatic hydroxyl groups excluding tert-OH is 1. The normalized spacial score (nSPS) is 52.8. The molecular weight excluding hydrogens is 432 g/mol. The number of fused-ring (bicyclic) bond motifs is 7. The van der Waals surface area contributed by atoms with Crippen LogP contribution in [0.2, 0.25) is 0 Å². The standard InChI is InChI=1S/C32H52O3/c1-27(2)23-11-14-32(7)24(30(23,5)13-12-25(27)33)10-9-21-22-19-28(3,20-26(34)35-8)15-16-29(22,4)17-18-31(21,32)6/h9,22-25,33H,10-20H2,1-8H3/t22-,23-,24?,25-,28-,29+,30-,31+,32+/m0/s1. The molecule has 0 aromatic carbocycles. The van der Waals surface area contributed by atoms with Crippen molar-refractivity contribution in [3.63, 3.8) is 0 Å². The van der Waals surface area contributed by atoms with Crippen LogP contribution in [0.4, 0.5) is 0 Å². The lowest BCUT2D eigenvalue weighted by Crippen LogP contribution is -2.64. The van der Waals surface area contributed by atoms with Gasteiger partial charge in [-0.3, -0.25) is 4.79 Å². The molecule has 0 aliphatic heterocycles. The van der Waals surface area contributed by atoms with Crippen molar-refractivity contribution in [2.45, 2.75) is 125 Å². The van der Waals surface area contributed by atoms with E-state index < -0.39 is 0 Å². The largest absolute Gasteiger partial charge is 0.469 e. The van der Waals surface area contributed by atoms with E-state index in [0.717, 1.165) is 19.3 Å². The van der Waals surface area contributed by atoms with E-state index >= 15 is 0 Å². The predicted octanol–water partition coefficient (Wildman–Crippen LogP) is 7.71. The lowest BCUT2D eigenvalue weighted by Gasteiger charge is -2.71. The summed E-state index contributed by atoms with van der Waals surface area (Å²) in [5.74, 6) is 1.82. The summed E-state index contributed by atoms with van der Waals surface area (Å²) in [4.78, 5) is 12.3. The molecule has 0 spiro atoms. The molecule has 3 nitrogen and oxygen atoms in total. The van der Waals surface area contributed by atoms with Gasteiger partial charge in [0.2, 0.25) is 0 Å². The van der Waals surface area contributed by atoms with Gasteiger partial charge in [-0.25, -0.2) is 0 Å². The summed E-state index contributed by atoms with van der Waals surface area (Å²) in [6, 6.07) is 0. The average Bonchev–Trinajstić information content (AvgIpc) is 2.78. The fraction of sp³-hybridized carbons (Fsp3) is 0.906. The van der Waals surface area contributed by atoms with Gasteiger partial charge in [0.05, 0.1) is 19.6 Å². The van der Waals surface area contributed by atoms with Crippen LogP contribution in [-0.2, 0) is 9.53 Å². The van der Waals surface area contributed by atoms with Crippen molar-refractivity contribution in [2.75, 3.05) is 7.11 Å². The molecule has 3 heteroatoms. The molecule has 0 amide bonds. The Morgan fingerprint density at radius 3 is 2.31 bits per heavy atom. The predicted molar refractivity (Wildman–Crippen MR) is 142 cm³/mol. The Hall–Kier alpha value is -0.830. The third kappa shape index (κ3) is 3.41. The molecule has 4 fully saturated rings. The zero-order chi connectivity index (χ0) is 25.7. The van der Waals surface area contributed by atoms with Crippen molar-refractivity contribution in [1.29, 1.82) is 0 Å². The van der Waals surface area contributed by atoms with Gasteiger partial charge < -0.3 is 9.84 Å². The number of esters is 1. The van der Waals surface area contributed by atoms with Gasteiger partial charge in [0.25, 0.3) is 0 Å². The van der Waals surface area contributed by atoms with Crippen molar-refractivity contribution in [1.82, 2.24) is 0 Å². The first-order chi connectivity index (χ1) is 16.2. The summed E-state index contributed by atoms with van der Waals surface area (Å²) < 4.78 is 5.11. The Balaban J connectivity index is 1.53. The van der Waals surface area contributed by atoms with Crippen molar-refractivity contribution in [3.05, 3.63) is 11.6 Å². The molecule has 0 saturated heterocycles. The number of carbonyl (C=O) groups excluding carboxylic acids is 1. The van der Waals surface area contributed by atoms with E-state index in [2.05, 4.69) is 54.5 Å². The van der Waals surface area contributed by atoms with E-state index in [1.165, 1.54) is 52.1 Å². The molecule has 4 saturated carbocycles. The third-order valence-electron chi connectivity index (χ3n) is 13.7. The fourth-order valence-electron chi connectivity index (χ4n) is 11.0. The van der Waals surface area contributed by atoms with Gasteiger partial charge in [0.1, 0.15) is 0 Å². The Bertz CT molecular complexity index is 920. The van der Waals surface area contributed by atoms with E-state index in [1.54, 1.807) is 5.57 Å². The molecule has 0 radical (unpaired) electrons. The second-order valence-corrected chi connectivity index (χ2v) is 15.6. The van der Waals surface area contributed by atoms with Crippen LogP contribution in [0.1, 0.15) is 119 Å². The molecule has 198 valence electrons. The first kappa shape index (κ1) is 25.8. The molecule has 5 rings (SSSR count). The number of ether oxygens (including phenoxy) is 1. The quantitative estimate of drug-likeness (QED) is 0.322. The maximum absolute atomic E-state index is 12.3. The van der Waals surface area contributed by atoms with Crippen molar-refractivity contribution >= 4 is 5.97 Å². The van der Waals surface area contributed by atoms with Crippen LogP contribution in [0.5, 0.6) is 0 Å². The van der Waals surface area contributed by atoms with E-state index in [-0.39, 0.29) is 28.3 Å². The first-order valence-corrected chi connectivity index (χ1v) is 14.6. The number of allylic oxidation sites excluding steroid dienone is 2. The number of aliphatic hydroxyl groups is 1. The van der Waals surface area contributed by atoms with Crippen molar-refractivity contribution < 1.29 is 14.6 Å². The van der Waals surface area contributed by atoms with Crippen LogP contribution in [0.3, 0.4) is 0 Å². The number of methoxy groups -OCH3 is 1. The van der Waals surface area contributed by atoms with Crippen LogP contribution in [0.25, 0.3) is 0 Å². The van der Waals surface area contributed by atoms with Crippen LogP contribution in [0, 0.1) is 50.2 Å². The minimum atomic E-state index is -0.166. The minimum Gasteiger partial charge on any atom is -0.469 e. The van der Waals surface area contributed by atoms with Crippen molar-refractivity contribution in [3.8, 4) is 0 Å². The zero-order valence-corrected chi connectivity index (χ0v) is 23.9. The second-order valence-electron chi connectivity index (χ2n) is 15.6. The van der Waals surface area contributed by atoms with E-state index in [4.69, 9.17) is 4.74 Å². The maximum atomic E-state index is 12.3. The Morgan fingerprint density at radius 2 is 1.63 bits per heavy atom. The van der Waals surface area contributed by atoms with E-state index in [1.807, 2.05) is 0 Å². The first-order valence-electron chi connectivity index (χ1n) is 14.6. The SMILES string of the molecule is COC(=O)C[C@@]1(C)CC[C@]2(C)CC[C@]3(C)C(=CCC4[C@@]5(C)CC[C@H](O)C(C)(C)[C@@H]5CC[C@]43C)[C@@H]2C1. The number of hydrogen-bond donors (Lipinski definition) is 1. The zero-order valence-electron chi connectivity index (χ0n) is 23.9. The Morgan fingerprint density at radius 1 is 0.943 bits per heavy atom. The van der Waals surface area contributed by atoms with Gasteiger partial charge >= 0.3 is 5.97 Å². The molecule has 0 aromatic rings. The molecule has 5 aliphatic rings. The van der Waals surface area contributed by atoms with Crippen molar-refractivity contribution in [2.24, 2.45) is 50.2 Å². The highest BCUT2D eigenvalue weighted by Crippen LogP contribution is 2.75. The molecule has 0 bridgehead atoms. The lowest BCUT2D eigenvalue weighted by atomic mass is 9.33. The van der Waals surface area contributed by atoms with Gasteiger partial charge in [0, 0.05) is 0 Å².